The van der Waals surface area contributed by atoms with E-state index in [4.69, 9.17) is 0 Å². The summed E-state index contributed by atoms with van der Waals surface area (Å²) in [7, 11) is 0. The first-order valence-electron chi connectivity index (χ1n) is 5.01. The number of amides is 1. The van der Waals surface area contributed by atoms with Crippen molar-refractivity contribution in [3.63, 3.8) is 0 Å². The maximum atomic E-state index is 11.9. The van der Waals surface area contributed by atoms with Crippen LogP contribution in [0, 0.1) is 6.92 Å². The fourth-order valence-electron chi connectivity index (χ4n) is 1.34. The van der Waals surface area contributed by atoms with Crippen LogP contribution in [-0.4, -0.2) is 16.1 Å². The fraction of sp³-hybridized carbons (Fsp3) is 0.0833. The molecule has 0 fully saturated rings. The summed E-state index contributed by atoms with van der Waals surface area (Å²) < 4.78 is 0.855. The average molecular weight is 292 g/mol. The molecule has 17 heavy (non-hydrogen) atoms. The minimum absolute atomic E-state index is 0.204. The third kappa shape index (κ3) is 2.88. The van der Waals surface area contributed by atoms with Gasteiger partial charge in [-0.25, -0.2) is 0 Å². The van der Waals surface area contributed by atoms with Crippen LogP contribution in [0.25, 0.3) is 0 Å². The third-order valence-corrected chi connectivity index (χ3v) is 2.88. The van der Waals surface area contributed by atoms with E-state index in [-0.39, 0.29) is 5.91 Å². The number of hydrogen-bond acceptors (Lipinski definition) is 3. The minimum atomic E-state index is -0.204. The maximum Gasteiger partial charge on any atom is 0.257 e. The SMILES string of the molecule is Cc1ccc(NC(=O)c2ccnnc2)c(Br)c1. The van der Waals surface area contributed by atoms with E-state index in [0.717, 1.165) is 15.7 Å². The molecule has 4 nitrogen and oxygen atoms in total. The van der Waals surface area contributed by atoms with Crippen LogP contribution >= 0.6 is 15.9 Å². The zero-order chi connectivity index (χ0) is 12.3. The Morgan fingerprint density at radius 2 is 2.12 bits per heavy atom. The van der Waals surface area contributed by atoms with Gasteiger partial charge in [0.1, 0.15) is 0 Å². The van der Waals surface area contributed by atoms with Gasteiger partial charge in [-0.2, -0.15) is 10.2 Å². The van der Waals surface area contributed by atoms with Crippen molar-refractivity contribution >= 4 is 27.5 Å². The first-order chi connectivity index (χ1) is 8.16. The Labute approximate surface area is 107 Å². The van der Waals surface area contributed by atoms with Gasteiger partial charge in [0.25, 0.3) is 5.91 Å². The monoisotopic (exact) mass is 291 g/mol. The van der Waals surface area contributed by atoms with Crippen molar-refractivity contribution < 1.29 is 4.79 Å². The topological polar surface area (TPSA) is 54.9 Å². The fourth-order valence-corrected chi connectivity index (χ4v) is 1.93. The van der Waals surface area contributed by atoms with Crippen molar-refractivity contribution in [1.29, 1.82) is 0 Å². The van der Waals surface area contributed by atoms with Gasteiger partial charge in [-0.3, -0.25) is 4.79 Å². The van der Waals surface area contributed by atoms with Crippen LogP contribution in [-0.2, 0) is 0 Å². The molecule has 0 radical (unpaired) electrons. The van der Waals surface area contributed by atoms with E-state index in [0.29, 0.717) is 5.56 Å². The highest BCUT2D eigenvalue weighted by Gasteiger charge is 2.08. The molecule has 0 unspecified atom stereocenters. The second-order valence-electron chi connectivity index (χ2n) is 3.57. The summed E-state index contributed by atoms with van der Waals surface area (Å²) in [5.41, 5.74) is 2.34. The van der Waals surface area contributed by atoms with E-state index in [9.17, 15) is 4.79 Å². The molecule has 2 rings (SSSR count). The summed E-state index contributed by atoms with van der Waals surface area (Å²) in [6.45, 7) is 1.99. The lowest BCUT2D eigenvalue weighted by Crippen LogP contribution is -2.12. The molecular weight excluding hydrogens is 282 g/mol. The van der Waals surface area contributed by atoms with Gasteiger partial charge in [-0.1, -0.05) is 6.07 Å². The quantitative estimate of drug-likeness (QED) is 0.926. The summed E-state index contributed by atoms with van der Waals surface area (Å²) in [6, 6.07) is 7.35. The molecule has 1 aromatic heterocycles. The van der Waals surface area contributed by atoms with E-state index in [1.807, 2.05) is 25.1 Å². The number of rotatable bonds is 2. The lowest BCUT2D eigenvalue weighted by atomic mass is 10.2. The highest BCUT2D eigenvalue weighted by Crippen LogP contribution is 2.23. The number of anilines is 1. The number of halogens is 1. The van der Waals surface area contributed by atoms with E-state index >= 15 is 0 Å². The summed E-state index contributed by atoms with van der Waals surface area (Å²) in [4.78, 5) is 11.9. The third-order valence-electron chi connectivity index (χ3n) is 2.22. The Balaban J connectivity index is 2.19. The molecular formula is C12H10BrN3O. The highest BCUT2D eigenvalue weighted by molar-refractivity contribution is 9.10. The van der Waals surface area contributed by atoms with Gasteiger partial charge in [0, 0.05) is 4.47 Å². The van der Waals surface area contributed by atoms with Crippen molar-refractivity contribution in [2.75, 3.05) is 5.32 Å². The van der Waals surface area contributed by atoms with Crippen LogP contribution in [0.5, 0.6) is 0 Å². The van der Waals surface area contributed by atoms with Crippen LogP contribution in [0.1, 0.15) is 15.9 Å². The maximum absolute atomic E-state index is 11.9. The molecule has 2 aromatic rings. The molecule has 0 aliphatic rings. The van der Waals surface area contributed by atoms with Crippen molar-refractivity contribution in [2.45, 2.75) is 6.92 Å². The number of carbonyl (C=O) groups is 1. The number of hydrogen-bond donors (Lipinski definition) is 1. The van der Waals surface area contributed by atoms with Crippen molar-refractivity contribution in [1.82, 2.24) is 10.2 Å². The van der Waals surface area contributed by atoms with Crippen LogP contribution in [0.15, 0.2) is 41.1 Å². The number of aryl methyl sites for hydroxylation is 1. The normalized spacial score (nSPS) is 10.0. The molecule has 0 saturated heterocycles. The lowest BCUT2D eigenvalue weighted by molar-refractivity contribution is 0.102. The van der Waals surface area contributed by atoms with E-state index in [1.165, 1.54) is 12.4 Å². The molecule has 1 amide bonds. The molecule has 86 valence electrons. The highest BCUT2D eigenvalue weighted by atomic mass is 79.9. The van der Waals surface area contributed by atoms with E-state index in [1.54, 1.807) is 6.07 Å². The Morgan fingerprint density at radius 1 is 1.29 bits per heavy atom. The van der Waals surface area contributed by atoms with Crippen molar-refractivity contribution in [3.05, 3.63) is 52.3 Å². The Hall–Kier alpha value is -1.75. The summed E-state index contributed by atoms with van der Waals surface area (Å²) in [6.07, 6.45) is 2.91. The lowest BCUT2D eigenvalue weighted by Gasteiger charge is -2.07. The van der Waals surface area contributed by atoms with Crippen LogP contribution in [0.3, 0.4) is 0 Å². The molecule has 0 atom stereocenters. The standard InChI is InChI=1S/C12H10BrN3O/c1-8-2-3-11(10(13)6-8)16-12(17)9-4-5-14-15-7-9/h2-7H,1H3,(H,16,17). The summed E-state index contributed by atoms with van der Waals surface area (Å²) in [5, 5.41) is 10.1. The molecule has 0 saturated carbocycles. The molecule has 0 aliphatic carbocycles. The zero-order valence-corrected chi connectivity index (χ0v) is 10.7. The van der Waals surface area contributed by atoms with Crippen LogP contribution in [0.4, 0.5) is 5.69 Å². The van der Waals surface area contributed by atoms with Gasteiger partial charge < -0.3 is 5.32 Å². The van der Waals surface area contributed by atoms with E-state index in [2.05, 4.69) is 31.4 Å². The van der Waals surface area contributed by atoms with Gasteiger partial charge >= 0.3 is 0 Å². The van der Waals surface area contributed by atoms with Gasteiger partial charge in [-0.05, 0) is 46.6 Å². The van der Waals surface area contributed by atoms with Gasteiger partial charge in [0.05, 0.1) is 23.6 Å². The average Bonchev–Trinajstić information content (AvgIpc) is 2.34. The number of nitrogens with zero attached hydrogens (tertiary/aromatic N) is 2. The predicted octanol–water partition coefficient (Wildman–Crippen LogP) is 2.80. The van der Waals surface area contributed by atoms with E-state index < -0.39 is 0 Å². The first-order valence-corrected chi connectivity index (χ1v) is 5.80. The van der Waals surface area contributed by atoms with Crippen molar-refractivity contribution in [3.8, 4) is 0 Å². The number of carbonyl (C=O) groups excluding carboxylic acids is 1. The minimum Gasteiger partial charge on any atom is -0.321 e. The Kier molecular flexibility index (Phi) is 3.49. The Bertz CT molecular complexity index is 543. The zero-order valence-electron chi connectivity index (χ0n) is 9.14. The predicted molar refractivity (Wildman–Crippen MR) is 68.9 cm³/mol. The first kappa shape index (κ1) is 11.7. The molecule has 1 heterocycles. The molecule has 0 bridgehead atoms. The van der Waals surface area contributed by atoms with Crippen LogP contribution in [0.2, 0.25) is 0 Å². The van der Waals surface area contributed by atoms with Gasteiger partial charge in [0.2, 0.25) is 0 Å². The Morgan fingerprint density at radius 3 is 2.76 bits per heavy atom. The number of aromatic nitrogens is 2. The molecule has 0 spiro atoms. The molecule has 1 N–H and O–H groups in total. The summed E-state index contributed by atoms with van der Waals surface area (Å²) in [5.74, 6) is -0.204. The second-order valence-corrected chi connectivity index (χ2v) is 4.42. The van der Waals surface area contributed by atoms with Gasteiger partial charge in [0.15, 0.2) is 0 Å². The smallest absolute Gasteiger partial charge is 0.257 e. The second kappa shape index (κ2) is 5.05. The molecule has 1 aromatic carbocycles. The molecule has 5 heteroatoms. The number of benzene rings is 1. The van der Waals surface area contributed by atoms with Crippen molar-refractivity contribution in [2.24, 2.45) is 0 Å². The largest absolute Gasteiger partial charge is 0.321 e. The van der Waals surface area contributed by atoms with Gasteiger partial charge in [-0.15, -0.1) is 0 Å². The molecule has 0 aliphatic heterocycles. The number of nitrogens with one attached hydrogen (secondary N) is 1. The summed E-state index contributed by atoms with van der Waals surface area (Å²) >= 11 is 3.41. The van der Waals surface area contributed by atoms with Crippen LogP contribution < -0.4 is 5.32 Å².